The molecule has 0 aromatic heterocycles. The Balaban J connectivity index is 2.44. The number of halogens is 1. The van der Waals surface area contributed by atoms with Crippen molar-refractivity contribution in [3.63, 3.8) is 0 Å². The maximum absolute atomic E-state index is 13.5. The smallest absolute Gasteiger partial charge is 0.155 e. The second-order valence-electron chi connectivity index (χ2n) is 3.10. The molecule has 2 unspecified atom stereocenters. The maximum atomic E-state index is 13.5. The number of rotatable bonds is 4. The zero-order chi connectivity index (χ0) is 9.84. The Labute approximate surface area is 79.9 Å². The quantitative estimate of drug-likeness (QED) is 0.665. The van der Waals surface area contributed by atoms with Gasteiger partial charge in [-0.1, -0.05) is 6.92 Å². The molecule has 3 nitrogen and oxygen atoms in total. The predicted molar refractivity (Wildman–Crippen MR) is 49.7 cm³/mol. The van der Waals surface area contributed by atoms with Crippen molar-refractivity contribution < 1.29 is 18.2 Å². The van der Waals surface area contributed by atoms with E-state index in [1.807, 2.05) is 13.8 Å². The van der Waals surface area contributed by atoms with Crippen LogP contribution in [-0.4, -0.2) is 31.6 Å². The van der Waals surface area contributed by atoms with Crippen LogP contribution in [0.3, 0.4) is 0 Å². The summed E-state index contributed by atoms with van der Waals surface area (Å²) in [5, 5.41) is 0. The lowest BCUT2D eigenvalue weighted by Crippen LogP contribution is -2.28. The summed E-state index contributed by atoms with van der Waals surface area (Å²) in [6, 6.07) is 0. The van der Waals surface area contributed by atoms with Crippen LogP contribution in [0.4, 0.5) is 4.39 Å². The van der Waals surface area contributed by atoms with Crippen LogP contribution in [0.5, 0.6) is 0 Å². The van der Waals surface area contributed by atoms with Gasteiger partial charge >= 0.3 is 0 Å². The molecule has 5 heteroatoms. The third-order valence-electron chi connectivity index (χ3n) is 2.19. The van der Waals surface area contributed by atoms with Gasteiger partial charge in [-0.15, -0.1) is 0 Å². The van der Waals surface area contributed by atoms with Gasteiger partial charge in [0.2, 0.25) is 0 Å². The second kappa shape index (κ2) is 5.20. The molecule has 0 saturated carbocycles. The van der Waals surface area contributed by atoms with Crippen molar-refractivity contribution in [2.24, 2.45) is 0 Å². The molecule has 1 saturated heterocycles. The summed E-state index contributed by atoms with van der Waals surface area (Å²) >= 11 is 0. The molecule has 0 aromatic rings. The molecule has 0 amide bonds. The number of alkyl halides is 1. The number of hydrogen-bond acceptors (Lipinski definition) is 3. The first-order valence-electron chi connectivity index (χ1n) is 4.43. The normalized spacial score (nSPS) is 40.6. The van der Waals surface area contributed by atoms with Crippen LogP contribution >= 0.6 is 9.03 Å². The van der Waals surface area contributed by atoms with Crippen molar-refractivity contribution in [2.75, 3.05) is 7.11 Å². The largest absolute Gasteiger partial charge is 0.369 e. The Hall–Kier alpha value is 0.240. The lowest BCUT2D eigenvalue weighted by molar-refractivity contribution is 0.0256. The Kier molecular flexibility index (Phi) is 4.53. The van der Waals surface area contributed by atoms with Gasteiger partial charge in [-0.3, -0.25) is 0 Å². The van der Waals surface area contributed by atoms with Gasteiger partial charge in [0, 0.05) is 7.11 Å². The van der Waals surface area contributed by atoms with Crippen molar-refractivity contribution in [1.82, 2.24) is 0 Å². The van der Waals surface area contributed by atoms with E-state index in [4.69, 9.17) is 13.8 Å². The summed E-state index contributed by atoms with van der Waals surface area (Å²) < 4.78 is 28.9. The molecule has 0 aliphatic carbocycles. The highest BCUT2D eigenvalue weighted by atomic mass is 31.1. The molecule has 0 spiro atoms. The minimum atomic E-state index is -1.03. The number of hydrogen-bond donors (Lipinski definition) is 0. The molecule has 5 atom stereocenters. The first-order chi connectivity index (χ1) is 6.20. The van der Waals surface area contributed by atoms with E-state index in [1.165, 1.54) is 7.11 Å². The summed E-state index contributed by atoms with van der Waals surface area (Å²) in [6.07, 6.45) is -1.31. The molecule has 1 heterocycles. The van der Waals surface area contributed by atoms with Crippen molar-refractivity contribution in [2.45, 2.75) is 44.8 Å². The second-order valence-corrected chi connectivity index (χ2v) is 3.91. The molecule has 0 N–H and O–H groups in total. The van der Waals surface area contributed by atoms with E-state index in [0.717, 1.165) is 0 Å². The molecule has 1 rings (SSSR count). The van der Waals surface area contributed by atoms with Gasteiger partial charge in [-0.05, 0) is 13.3 Å². The standard InChI is InChI=1S/C8H16FO3P/c1-4-6-7(9)8(5(2)11-6)12-13-10-3/h5-8,13H,4H2,1-3H3/t5-,6+,7-,8?/m0/s1. The summed E-state index contributed by atoms with van der Waals surface area (Å²) in [6.45, 7) is 3.73. The Morgan fingerprint density at radius 1 is 1.54 bits per heavy atom. The zero-order valence-corrected chi connectivity index (χ0v) is 9.12. The fraction of sp³-hybridized carbons (Fsp3) is 1.00. The van der Waals surface area contributed by atoms with Gasteiger partial charge in [0.1, 0.15) is 6.10 Å². The molecule has 78 valence electrons. The highest BCUT2D eigenvalue weighted by molar-refractivity contribution is 7.26. The highest BCUT2D eigenvalue weighted by Gasteiger charge is 2.42. The summed E-state index contributed by atoms with van der Waals surface area (Å²) in [7, 11) is 1.42. The van der Waals surface area contributed by atoms with E-state index in [1.54, 1.807) is 0 Å². The van der Waals surface area contributed by atoms with Crippen molar-refractivity contribution in [1.29, 1.82) is 0 Å². The first kappa shape index (κ1) is 11.3. The van der Waals surface area contributed by atoms with Crippen molar-refractivity contribution >= 4 is 9.03 Å². The van der Waals surface area contributed by atoms with Crippen LogP contribution in [0.1, 0.15) is 20.3 Å². The molecule has 13 heavy (non-hydrogen) atoms. The van der Waals surface area contributed by atoms with E-state index >= 15 is 0 Å². The minimum absolute atomic E-state index is 0.108. The van der Waals surface area contributed by atoms with Crippen LogP contribution in [0, 0.1) is 0 Å². The molecule has 0 bridgehead atoms. The Morgan fingerprint density at radius 3 is 2.69 bits per heavy atom. The van der Waals surface area contributed by atoms with Crippen LogP contribution in [-0.2, 0) is 13.8 Å². The van der Waals surface area contributed by atoms with Gasteiger partial charge in [0.05, 0.1) is 12.2 Å². The Bertz CT molecular complexity index is 158. The maximum Gasteiger partial charge on any atom is 0.155 e. The molecule has 1 fully saturated rings. The Morgan fingerprint density at radius 2 is 2.23 bits per heavy atom. The van der Waals surface area contributed by atoms with E-state index in [9.17, 15) is 4.39 Å². The summed E-state index contributed by atoms with van der Waals surface area (Å²) in [5.74, 6) is 0. The van der Waals surface area contributed by atoms with Crippen LogP contribution in [0.15, 0.2) is 0 Å². The topological polar surface area (TPSA) is 27.7 Å². The van der Waals surface area contributed by atoms with E-state index < -0.39 is 12.3 Å². The van der Waals surface area contributed by atoms with E-state index in [0.29, 0.717) is 6.42 Å². The number of ether oxygens (including phenoxy) is 1. The third-order valence-corrected chi connectivity index (χ3v) is 2.73. The predicted octanol–water partition coefficient (Wildman–Crippen LogP) is 2.06. The molecule has 0 aromatic carbocycles. The average molecular weight is 210 g/mol. The van der Waals surface area contributed by atoms with Gasteiger partial charge in [-0.2, -0.15) is 0 Å². The first-order valence-corrected chi connectivity index (χ1v) is 5.25. The zero-order valence-electron chi connectivity index (χ0n) is 8.12. The lowest BCUT2D eigenvalue weighted by Gasteiger charge is -2.15. The SMILES string of the molecule is CC[C@H]1O[C@@H](C)C(OPOC)[C@H]1F. The van der Waals surface area contributed by atoms with Crippen LogP contribution in [0.2, 0.25) is 0 Å². The average Bonchev–Trinajstić information content (AvgIpc) is 2.39. The third kappa shape index (κ3) is 2.59. The fourth-order valence-corrected chi connectivity index (χ4v) is 2.01. The summed E-state index contributed by atoms with van der Waals surface area (Å²) in [4.78, 5) is 0. The lowest BCUT2D eigenvalue weighted by atomic mass is 10.1. The van der Waals surface area contributed by atoms with E-state index in [2.05, 4.69) is 0 Å². The molecular formula is C8H16FO3P. The minimum Gasteiger partial charge on any atom is -0.369 e. The molecular weight excluding hydrogens is 194 g/mol. The van der Waals surface area contributed by atoms with Gasteiger partial charge in [0.25, 0.3) is 0 Å². The van der Waals surface area contributed by atoms with Gasteiger partial charge < -0.3 is 13.8 Å². The van der Waals surface area contributed by atoms with Gasteiger partial charge in [0.15, 0.2) is 15.2 Å². The fourth-order valence-electron chi connectivity index (χ4n) is 1.48. The summed E-state index contributed by atoms with van der Waals surface area (Å²) in [5.41, 5.74) is 0. The molecule has 0 radical (unpaired) electrons. The van der Waals surface area contributed by atoms with Gasteiger partial charge in [-0.25, -0.2) is 4.39 Å². The van der Waals surface area contributed by atoms with Crippen molar-refractivity contribution in [3.05, 3.63) is 0 Å². The molecule has 1 aliphatic heterocycles. The molecule has 1 aliphatic rings. The van der Waals surface area contributed by atoms with E-state index in [-0.39, 0.29) is 21.2 Å². The van der Waals surface area contributed by atoms with Crippen LogP contribution < -0.4 is 0 Å². The monoisotopic (exact) mass is 210 g/mol. The van der Waals surface area contributed by atoms with Crippen LogP contribution in [0.25, 0.3) is 0 Å². The van der Waals surface area contributed by atoms with Crippen molar-refractivity contribution in [3.8, 4) is 0 Å². The highest BCUT2D eigenvalue weighted by Crippen LogP contribution is 2.32.